The molecule has 21 heavy (non-hydrogen) atoms. The number of imidazole rings is 1. The molecular formula is C18H15N3. The van der Waals surface area contributed by atoms with Crippen molar-refractivity contribution < 1.29 is 0 Å². The number of hydrogen-bond acceptors (Lipinski definition) is 1. The largest absolute Gasteiger partial charge is 0.299 e. The average molecular weight is 273 g/mol. The Balaban J connectivity index is 2.20. The Labute approximate surface area is 124 Å². The molecule has 2 aromatic carbocycles. The van der Waals surface area contributed by atoms with Gasteiger partial charge in [-0.3, -0.25) is 4.57 Å². The summed E-state index contributed by atoms with van der Waals surface area (Å²) in [7, 11) is 0. The molecule has 0 aliphatic heterocycles. The van der Waals surface area contributed by atoms with Crippen LogP contribution >= 0.6 is 0 Å². The number of nitrogens with zero attached hydrogens (tertiary/aromatic N) is 3. The molecule has 0 spiro atoms. The third-order valence-electron chi connectivity index (χ3n) is 3.55. The first-order valence-corrected chi connectivity index (χ1v) is 6.78. The van der Waals surface area contributed by atoms with Crippen molar-refractivity contribution in [2.24, 2.45) is 0 Å². The zero-order valence-corrected chi connectivity index (χ0v) is 12.0. The second-order valence-corrected chi connectivity index (χ2v) is 5.02. The van der Waals surface area contributed by atoms with Gasteiger partial charge in [0.25, 0.3) is 0 Å². The lowest BCUT2D eigenvalue weighted by Gasteiger charge is -2.14. The van der Waals surface area contributed by atoms with Crippen LogP contribution in [0, 0.1) is 20.4 Å². The van der Waals surface area contributed by atoms with Gasteiger partial charge in [-0.05, 0) is 31.0 Å². The second-order valence-electron chi connectivity index (χ2n) is 5.02. The van der Waals surface area contributed by atoms with Gasteiger partial charge in [0.15, 0.2) is 5.69 Å². The minimum Gasteiger partial charge on any atom is -0.299 e. The molecule has 0 N–H and O–H groups in total. The number of para-hydroxylation sites is 1. The molecule has 0 fully saturated rings. The first-order chi connectivity index (χ1) is 10.2. The average Bonchev–Trinajstić information content (AvgIpc) is 2.96. The summed E-state index contributed by atoms with van der Waals surface area (Å²) < 4.78 is 2.09. The van der Waals surface area contributed by atoms with Crippen molar-refractivity contribution in [1.82, 2.24) is 9.55 Å². The van der Waals surface area contributed by atoms with E-state index in [9.17, 15) is 0 Å². The van der Waals surface area contributed by atoms with Crippen LogP contribution in [0.1, 0.15) is 11.1 Å². The van der Waals surface area contributed by atoms with Crippen LogP contribution in [-0.4, -0.2) is 9.55 Å². The minimum atomic E-state index is 0.628. The number of aromatic nitrogens is 2. The van der Waals surface area contributed by atoms with E-state index in [-0.39, 0.29) is 0 Å². The van der Waals surface area contributed by atoms with Crippen molar-refractivity contribution in [3.63, 3.8) is 0 Å². The molecule has 0 saturated heterocycles. The lowest BCUT2D eigenvalue weighted by molar-refractivity contribution is 1.03. The summed E-state index contributed by atoms with van der Waals surface area (Å²) in [5.74, 6) is 0.859. The van der Waals surface area contributed by atoms with Gasteiger partial charge in [-0.15, -0.1) is 0 Å². The molecule has 3 rings (SSSR count). The van der Waals surface area contributed by atoms with Crippen molar-refractivity contribution in [3.8, 4) is 17.1 Å². The van der Waals surface area contributed by atoms with Gasteiger partial charge < -0.3 is 0 Å². The van der Waals surface area contributed by atoms with Crippen LogP contribution in [0.3, 0.4) is 0 Å². The fourth-order valence-corrected chi connectivity index (χ4v) is 2.60. The van der Waals surface area contributed by atoms with Crippen molar-refractivity contribution >= 4 is 5.69 Å². The SMILES string of the molecule is [C-]#[N+]c1cccc(-c2nccn2-c2c(C)cccc2C)c1. The zero-order valence-electron chi connectivity index (χ0n) is 12.0. The Morgan fingerprint density at radius 1 is 1.05 bits per heavy atom. The number of hydrogen-bond donors (Lipinski definition) is 0. The Morgan fingerprint density at radius 3 is 2.48 bits per heavy atom. The molecule has 0 atom stereocenters. The minimum absolute atomic E-state index is 0.628. The maximum absolute atomic E-state index is 7.15. The van der Waals surface area contributed by atoms with E-state index in [1.165, 1.54) is 11.1 Å². The number of benzene rings is 2. The normalized spacial score (nSPS) is 10.3. The van der Waals surface area contributed by atoms with E-state index in [2.05, 4.69) is 46.4 Å². The van der Waals surface area contributed by atoms with Crippen LogP contribution < -0.4 is 0 Å². The Kier molecular flexibility index (Phi) is 3.29. The van der Waals surface area contributed by atoms with Crippen molar-refractivity contribution in [2.45, 2.75) is 13.8 Å². The molecule has 0 saturated carbocycles. The predicted octanol–water partition coefficient (Wildman–Crippen LogP) is 4.71. The maximum Gasteiger partial charge on any atom is 0.187 e. The summed E-state index contributed by atoms with van der Waals surface area (Å²) >= 11 is 0. The van der Waals surface area contributed by atoms with Crippen LogP contribution in [0.15, 0.2) is 54.9 Å². The van der Waals surface area contributed by atoms with Crippen molar-refractivity contribution in [2.75, 3.05) is 0 Å². The summed E-state index contributed by atoms with van der Waals surface area (Å²) in [6.45, 7) is 11.3. The van der Waals surface area contributed by atoms with E-state index in [1.54, 1.807) is 6.20 Å². The van der Waals surface area contributed by atoms with Gasteiger partial charge >= 0.3 is 0 Å². The van der Waals surface area contributed by atoms with E-state index in [0.29, 0.717) is 5.69 Å². The van der Waals surface area contributed by atoms with E-state index >= 15 is 0 Å². The highest BCUT2D eigenvalue weighted by Gasteiger charge is 2.11. The molecule has 0 aliphatic rings. The lowest BCUT2D eigenvalue weighted by atomic mass is 10.1. The van der Waals surface area contributed by atoms with E-state index in [0.717, 1.165) is 17.1 Å². The highest BCUT2D eigenvalue weighted by atomic mass is 15.1. The molecule has 3 aromatic rings. The van der Waals surface area contributed by atoms with Crippen LogP contribution in [0.2, 0.25) is 0 Å². The van der Waals surface area contributed by atoms with Gasteiger partial charge in [0.05, 0.1) is 12.3 Å². The van der Waals surface area contributed by atoms with Gasteiger partial charge in [-0.2, -0.15) is 0 Å². The fraction of sp³-hybridized carbons (Fsp3) is 0.111. The Bertz CT molecular complexity index is 817. The van der Waals surface area contributed by atoms with Gasteiger partial charge in [-0.25, -0.2) is 9.83 Å². The van der Waals surface area contributed by atoms with Gasteiger partial charge in [0, 0.05) is 18.0 Å². The lowest BCUT2D eigenvalue weighted by Crippen LogP contribution is -2.01. The molecule has 3 heteroatoms. The standard InChI is InChI=1S/C18H15N3/c1-13-6-4-7-14(2)17(13)21-11-10-20-18(21)15-8-5-9-16(12-15)19-3/h4-12H,1-2H3. The van der Waals surface area contributed by atoms with Crippen LogP contribution in [-0.2, 0) is 0 Å². The topological polar surface area (TPSA) is 22.2 Å². The highest BCUT2D eigenvalue weighted by Crippen LogP contribution is 2.27. The summed E-state index contributed by atoms with van der Waals surface area (Å²) in [6, 6.07) is 13.8. The van der Waals surface area contributed by atoms with Crippen molar-refractivity contribution in [3.05, 3.63) is 77.4 Å². The molecule has 3 nitrogen and oxygen atoms in total. The maximum atomic E-state index is 7.15. The molecule has 0 unspecified atom stereocenters. The van der Waals surface area contributed by atoms with Crippen LogP contribution in [0.25, 0.3) is 21.9 Å². The summed E-state index contributed by atoms with van der Waals surface area (Å²) in [6.07, 6.45) is 3.76. The Hall–Kier alpha value is -2.86. The number of aryl methyl sites for hydroxylation is 2. The molecule has 0 amide bonds. The molecular weight excluding hydrogens is 258 g/mol. The molecule has 0 aliphatic carbocycles. The van der Waals surface area contributed by atoms with E-state index in [4.69, 9.17) is 6.57 Å². The smallest absolute Gasteiger partial charge is 0.187 e. The van der Waals surface area contributed by atoms with Crippen molar-refractivity contribution in [1.29, 1.82) is 0 Å². The first-order valence-electron chi connectivity index (χ1n) is 6.78. The van der Waals surface area contributed by atoms with E-state index < -0.39 is 0 Å². The fourth-order valence-electron chi connectivity index (χ4n) is 2.60. The summed E-state index contributed by atoms with van der Waals surface area (Å²) in [5.41, 5.74) is 5.14. The first kappa shape index (κ1) is 13.1. The monoisotopic (exact) mass is 273 g/mol. The van der Waals surface area contributed by atoms with Crippen LogP contribution in [0.5, 0.6) is 0 Å². The Morgan fingerprint density at radius 2 is 1.76 bits per heavy atom. The second kappa shape index (κ2) is 5.26. The predicted molar refractivity (Wildman–Crippen MR) is 84.7 cm³/mol. The van der Waals surface area contributed by atoms with Crippen LogP contribution in [0.4, 0.5) is 5.69 Å². The van der Waals surface area contributed by atoms with Gasteiger partial charge in [0.1, 0.15) is 5.82 Å². The summed E-state index contributed by atoms with van der Waals surface area (Å²) in [4.78, 5) is 7.97. The third kappa shape index (κ3) is 2.32. The molecule has 1 aromatic heterocycles. The van der Waals surface area contributed by atoms with Gasteiger partial charge in [0.2, 0.25) is 0 Å². The molecule has 102 valence electrons. The quantitative estimate of drug-likeness (QED) is 0.620. The third-order valence-corrected chi connectivity index (χ3v) is 3.55. The molecule has 0 bridgehead atoms. The molecule has 0 radical (unpaired) electrons. The summed E-state index contributed by atoms with van der Waals surface area (Å²) in [5, 5.41) is 0. The molecule has 1 heterocycles. The van der Waals surface area contributed by atoms with E-state index in [1.807, 2.05) is 30.5 Å². The van der Waals surface area contributed by atoms with Gasteiger partial charge in [-0.1, -0.05) is 36.4 Å². The number of rotatable bonds is 2. The zero-order chi connectivity index (χ0) is 14.8. The highest BCUT2D eigenvalue weighted by molar-refractivity contribution is 5.66.